The van der Waals surface area contributed by atoms with Crippen molar-refractivity contribution in [3.8, 4) is 0 Å². The van der Waals surface area contributed by atoms with Crippen LogP contribution in [0.15, 0.2) is 30.3 Å². The number of nitrogens with zero attached hydrogens (tertiary/aromatic N) is 1. The van der Waals surface area contributed by atoms with Crippen molar-refractivity contribution in [3.05, 3.63) is 57.3 Å². The number of hydrogen-bond acceptors (Lipinski definition) is 4. The second-order valence-electron chi connectivity index (χ2n) is 4.92. The summed E-state index contributed by atoms with van der Waals surface area (Å²) >= 11 is 1.02. The maximum Gasteiger partial charge on any atom is 0.348 e. The third kappa shape index (κ3) is 3.56. The van der Waals surface area contributed by atoms with Crippen molar-refractivity contribution in [2.24, 2.45) is 0 Å². The number of thiophene rings is 1. The number of halogens is 2. The van der Waals surface area contributed by atoms with Crippen molar-refractivity contribution in [2.45, 2.75) is 13.0 Å². The number of methoxy groups -OCH3 is 1. The van der Waals surface area contributed by atoms with Crippen LogP contribution in [-0.4, -0.2) is 30.9 Å². The number of esters is 1. The van der Waals surface area contributed by atoms with E-state index in [1.165, 1.54) is 30.2 Å². The first-order chi connectivity index (χ1) is 10.8. The molecule has 0 saturated carbocycles. The minimum Gasteiger partial charge on any atom is -0.465 e. The van der Waals surface area contributed by atoms with Crippen LogP contribution in [0.1, 0.15) is 37.9 Å². The lowest BCUT2D eigenvalue weighted by Crippen LogP contribution is -2.29. The summed E-state index contributed by atoms with van der Waals surface area (Å²) in [7, 11) is 2.83. The van der Waals surface area contributed by atoms with Crippen LogP contribution in [0.3, 0.4) is 0 Å². The van der Waals surface area contributed by atoms with Gasteiger partial charge in [-0.15, -0.1) is 11.3 Å². The first-order valence-electron chi connectivity index (χ1n) is 6.75. The second-order valence-corrected chi connectivity index (χ2v) is 6.00. The fraction of sp³-hybridized carbons (Fsp3) is 0.250. The van der Waals surface area contributed by atoms with E-state index >= 15 is 0 Å². The van der Waals surface area contributed by atoms with E-state index in [0.717, 1.165) is 23.5 Å². The van der Waals surface area contributed by atoms with Gasteiger partial charge in [-0.2, -0.15) is 0 Å². The molecule has 0 aliphatic carbocycles. The van der Waals surface area contributed by atoms with Crippen molar-refractivity contribution < 1.29 is 23.1 Å². The third-order valence-electron chi connectivity index (χ3n) is 3.53. The molecule has 0 spiro atoms. The molecule has 2 rings (SSSR count). The predicted molar refractivity (Wildman–Crippen MR) is 82.5 cm³/mol. The molecule has 1 heterocycles. The highest BCUT2D eigenvalue weighted by molar-refractivity contribution is 7.15. The van der Waals surface area contributed by atoms with Crippen LogP contribution in [0, 0.1) is 11.6 Å². The van der Waals surface area contributed by atoms with E-state index < -0.39 is 23.6 Å². The molecule has 1 amide bonds. The van der Waals surface area contributed by atoms with Gasteiger partial charge in [0, 0.05) is 7.05 Å². The molecule has 1 aromatic carbocycles. The lowest BCUT2D eigenvalue weighted by atomic mass is 10.1. The number of rotatable bonds is 4. The quantitative estimate of drug-likeness (QED) is 0.799. The highest BCUT2D eigenvalue weighted by Crippen LogP contribution is 2.25. The molecule has 1 unspecified atom stereocenters. The molecule has 2 aromatic rings. The SMILES string of the molecule is COC(=O)c1ccc(C(=O)N(C)C(C)c2ccc(F)c(F)c2)s1. The van der Waals surface area contributed by atoms with Gasteiger partial charge in [-0.25, -0.2) is 13.6 Å². The molecule has 7 heteroatoms. The van der Waals surface area contributed by atoms with Crippen LogP contribution < -0.4 is 0 Å². The van der Waals surface area contributed by atoms with E-state index in [1.807, 2.05) is 0 Å². The standard InChI is InChI=1S/C16H15F2NO3S/c1-9(10-4-5-11(17)12(18)8-10)19(2)15(20)13-6-7-14(23-13)16(21)22-3/h4-9H,1-3H3. The van der Waals surface area contributed by atoms with E-state index in [-0.39, 0.29) is 5.91 Å². The Morgan fingerprint density at radius 1 is 1.13 bits per heavy atom. The fourth-order valence-corrected chi connectivity index (χ4v) is 2.92. The lowest BCUT2D eigenvalue weighted by Gasteiger charge is -2.25. The number of carbonyl (C=O) groups excluding carboxylic acids is 2. The summed E-state index contributed by atoms with van der Waals surface area (Å²) in [6, 6.07) is 6.12. The highest BCUT2D eigenvalue weighted by atomic mass is 32.1. The van der Waals surface area contributed by atoms with Gasteiger partial charge in [-0.3, -0.25) is 4.79 Å². The monoisotopic (exact) mass is 339 g/mol. The summed E-state index contributed by atoms with van der Waals surface area (Å²) in [6.45, 7) is 1.71. The van der Waals surface area contributed by atoms with E-state index in [0.29, 0.717) is 15.3 Å². The molecule has 0 saturated heterocycles. The summed E-state index contributed by atoms with van der Waals surface area (Å²) in [5.74, 6) is -2.72. The smallest absolute Gasteiger partial charge is 0.348 e. The van der Waals surface area contributed by atoms with Crippen LogP contribution >= 0.6 is 11.3 Å². The topological polar surface area (TPSA) is 46.6 Å². The fourth-order valence-electron chi connectivity index (χ4n) is 2.01. The van der Waals surface area contributed by atoms with Crippen LogP contribution in [0.4, 0.5) is 8.78 Å². The number of ether oxygens (including phenoxy) is 1. The van der Waals surface area contributed by atoms with Gasteiger partial charge in [0.2, 0.25) is 0 Å². The lowest BCUT2D eigenvalue weighted by molar-refractivity contribution is 0.0606. The first-order valence-corrected chi connectivity index (χ1v) is 7.57. The Balaban J connectivity index is 2.19. The molecule has 0 radical (unpaired) electrons. The van der Waals surface area contributed by atoms with Crippen molar-refractivity contribution in [1.29, 1.82) is 0 Å². The summed E-state index contributed by atoms with van der Waals surface area (Å²) in [5, 5.41) is 0. The Labute approximate surface area is 136 Å². The Morgan fingerprint density at radius 3 is 2.39 bits per heavy atom. The minimum absolute atomic E-state index is 0.317. The zero-order valence-corrected chi connectivity index (χ0v) is 13.6. The van der Waals surface area contributed by atoms with Gasteiger partial charge in [-0.1, -0.05) is 6.07 Å². The summed E-state index contributed by atoms with van der Waals surface area (Å²) in [6.07, 6.45) is 0. The van der Waals surface area contributed by atoms with Gasteiger partial charge < -0.3 is 9.64 Å². The molecule has 1 aromatic heterocycles. The van der Waals surface area contributed by atoms with Gasteiger partial charge in [0.25, 0.3) is 5.91 Å². The van der Waals surface area contributed by atoms with Gasteiger partial charge in [0.1, 0.15) is 4.88 Å². The van der Waals surface area contributed by atoms with E-state index in [2.05, 4.69) is 4.74 Å². The number of amides is 1. The van der Waals surface area contributed by atoms with Crippen molar-refractivity contribution in [1.82, 2.24) is 4.90 Å². The molecule has 0 fully saturated rings. The zero-order chi connectivity index (χ0) is 17.1. The molecule has 0 bridgehead atoms. The van der Waals surface area contributed by atoms with Crippen molar-refractivity contribution in [2.75, 3.05) is 14.2 Å². The van der Waals surface area contributed by atoms with Gasteiger partial charge in [0.05, 0.1) is 18.0 Å². The molecule has 23 heavy (non-hydrogen) atoms. The second kappa shape index (κ2) is 6.87. The van der Waals surface area contributed by atoms with Gasteiger partial charge in [0.15, 0.2) is 11.6 Å². The van der Waals surface area contributed by atoms with E-state index in [9.17, 15) is 18.4 Å². The Kier molecular flexibility index (Phi) is 5.10. The predicted octanol–water partition coefficient (Wildman–Crippen LogP) is 3.65. The number of benzene rings is 1. The summed E-state index contributed by atoms with van der Waals surface area (Å²) < 4.78 is 30.9. The molecule has 0 N–H and O–H groups in total. The summed E-state index contributed by atoms with van der Waals surface area (Å²) in [4.78, 5) is 26.0. The molecular weight excluding hydrogens is 324 g/mol. The van der Waals surface area contributed by atoms with Gasteiger partial charge >= 0.3 is 5.97 Å². The average Bonchev–Trinajstić information content (AvgIpc) is 3.04. The van der Waals surface area contributed by atoms with Crippen molar-refractivity contribution >= 4 is 23.2 Å². The Morgan fingerprint density at radius 2 is 1.78 bits per heavy atom. The maximum atomic E-state index is 13.3. The number of carbonyl (C=O) groups is 2. The molecule has 122 valence electrons. The Bertz CT molecular complexity index is 745. The molecular formula is C16H15F2NO3S. The highest BCUT2D eigenvalue weighted by Gasteiger charge is 2.22. The largest absolute Gasteiger partial charge is 0.465 e. The van der Waals surface area contributed by atoms with E-state index in [4.69, 9.17) is 0 Å². The van der Waals surface area contributed by atoms with E-state index in [1.54, 1.807) is 14.0 Å². The van der Waals surface area contributed by atoms with Crippen LogP contribution in [-0.2, 0) is 4.74 Å². The molecule has 1 atom stereocenters. The minimum atomic E-state index is -0.959. The van der Waals surface area contributed by atoms with Crippen LogP contribution in [0.25, 0.3) is 0 Å². The average molecular weight is 339 g/mol. The van der Waals surface area contributed by atoms with Crippen LogP contribution in [0.5, 0.6) is 0 Å². The zero-order valence-electron chi connectivity index (χ0n) is 12.8. The third-order valence-corrected chi connectivity index (χ3v) is 4.58. The van der Waals surface area contributed by atoms with Gasteiger partial charge in [-0.05, 0) is 36.8 Å². The molecule has 0 aliphatic rings. The Hall–Kier alpha value is -2.28. The normalized spacial score (nSPS) is 11.9. The first kappa shape index (κ1) is 17.1. The summed E-state index contributed by atoms with van der Waals surface area (Å²) in [5.41, 5.74) is 0.476. The molecule has 4 nitrogen and oxygen atoms in total. The molecule has 0 aliphatic heterocycles. The van der Waals surface area contributed by atoms with Crippen molar-refractivity contribution in [3.63, 3.8) is 0 Å². The maximum absolute atomic E-state index is 13.3. The van der Waals surface area contributed by atoms with Crippen LogP contribution in [0.2, 0.25) is 0 Å². The number of hydrogen-bond donors (Lipinski definition) is 0.